The smallest absolute Gasteiger partial charge is 0.284 e. The predicted molar refractivity (Wildman–Crippen MR) is 48.1 cm³/mol. The minimum Gasteiger partial charge on any atom is -0.323 e. The van der Waals surface area contributed by atoms with E-state index in [2.05, 4.69) is 6.08 Å². The van der Waals surface area contributed by atoms with Crippen molar-refractivity contribution in [3.05, 3.63) is 24.3 Å². The fourth-order valence-electron chi connectivity index (χ4n) is 1.45. The van der Waals surface area contributed by atoms with Gasteiger partial charge in [0.2, 0.25) is 0 Å². The maximum atomic E-state index is 5.54. The molecular formula is C10H14O3. The lowest BCUT2D eigenvalue weighted by atomic mass is 10.2. The molecule has 0 aliphatic carbocycles. The minimum absolute atomic E-state index is 0.569. The van der Waals surface area contributed by atoms with Gasteiger partial charge >= 0.3 is 0 Å². The molecule has 2 aliphatic rings. The van der Waals surface area contributed by atoms with Crippen LogP contribution in [0, 0.1) is 0 Å². The van der Waals surface area contributed by atoms with Crippen LogP contribution in [0.4, 0.5) is 0 Å². The number of hydrogen-bond acceptors (Lipinski definition) is 3. The highest BCUT2D eigenvalue weighted by Gasteiger charge is 2.33. The van der Waals surface area contributed by atoms with Gasteiger partial charge in [0, 0.05) is 6.42 Å². The molecule has 0 N–H and O–H groups in total. The molecule has 2 heterocycles. The average Bonchev–Trinajstić information content (AvgIpc) is 2.50. The van der Waals surface area contributed by atoms with E-state index in [1.54, 1.807) is 0 Å². The van der Waals surface area contributed by atoms with E-state index in [9.17, 15) is 0 Å². The average molecular weight is 182 g/mol. The molecule has 0 aromatic carbocycles. The summed E-state index contributed by atoms with van der Waals surface area (Å²) in [5.74, 6) is -0.799. The Kier molecular flexibility index (Phi) is 2.78. The SMILES string of the molecule is C1=CCOC2(CC1)OCC=CCO2. The fourth-order valence-corrected chi connectivity index (χ4v) is 1.45. The molecule has 0 aromatic rings. The van der Waals surface area contributed by atoms with E-state index in [1.165, 1.54) is 0 Å². The second-order valence-electron chi connectivity index (χ2n) is 3.10. The van der Waals surface area contributed by atoms with E-state index >= 15 is 0 Å². The van der Waals surface area contributed by atoms with Crippen LogP contribution in [0.2, 0.25) is 0 Å². The summed E-state index contributed by atoms with van der Waals surface area (Å²) in [6.45, 7) is 1.71. The topological polar surface area (TPSA) is 27.7 Å². The summed E-state index contributed by atoms with van der Waals surface area (Å²) in [5, 5.41) is 0. The number of ether oxygens (including phenoxy) is 3. The summed E-state index contributed by atoms with van der Waals surface area (Å²) in [7, 11) is 0. The van der Waals surface area contributed by atoms with Crippen LogP contribution in [-0.2, 0) is 14.2 Å². The van der Waals surface area contributed by atoms with Crippen molar-refractivity contribution >= 4 is 0 Å². The van der Waals surface area contributed by atoms with Crippen molar-refractivity contribution in [2.75, 3.05) is 19.8 Å². The fraction of sp³-hybridized carbons (Fsp3) is 0.600. The van der Waals surface area contributed by atoms with Crippen molar-refractivity contribution in [2.45, 2.75) is 18.8 Å². The first-order valence-electron chi connectivity index (χ1n) is 4.63. The molecule has 0 fully saturated rings. The molecule has 0 saturated heterocycles. The molecule has 0 amide bonds. The normalized spacial score (nSPS) is 27.1. The summed E-state index contributed by atoms with van der Waals surface area (Å²) in [5.41, 5.74) is 0. The van der Waals surface area contributed by atoms with Gasteiger partial charge in [0.1, 0.15) is 0 Å². The standard InChI is InChI=1S/C10H14O3/c1-2-6-10(11-7-3-1)12-8-4-5-9-13-10/h1,3-5H,2,6-9H2. The van der Waals surface area contributed by atoms with Crippen molar-refractivity contribution in [3.63, 3.8) is 0 Å². The third-order valence-electron chi connectivity index (χ3n) is 2.15. The molecule has 13 heavy (non-hydrogen) atoms. The van der Waals surface area contributed by atoms with Crippen molar-refractivity contribution in [3.8, 4) is 0 Å². The van der Waals surface area contributed by atoms with Crippen molar-refractivity contribution in [1.82, 2.24) is 0 Å². The summed E-state index contributed by atoms with van der Waals surface area (Å²) in [6.07, 6.45) is 9.72. The Bertz CT molecular complexity index is 173. The second kappa shape index (κ2) is 4.05. The maximum Gasteiger partial charge on any atom is 0.284 e. The van der Waals surface area contributed by atoms with E-state index < -0.39 is 5.97 Å². The van der Waals surface area contributed by atoms with Crippen molar-refractivity contribution in [1.29, 1.82) is 0 Å². The van der Waals surface area contributed by atoms with Crippen LogP contribution in [0.3, 0.4) is 0 Å². The Morgan fingerprint density at radius 1 is 0.769 bits per heavy atom. The van der Waals surface area contributed by atoms with Gasteiger partial charge < -0.3 is 14.2 Å². The van der Waals surface area contributed by atoms with Gasteiger partial charge in [-0.15, -0.1) is 0 Å². The van der Waals surface area contributed by atoms with Crippen molar-refractivity contribution in [2.24, 2.45) is 0 Å². The highest BCUT2D eigenvalue weighted by atomic mass is 16.9. The van der Waals surface area contributed by atoms with Crippen molar-refractivity contribution < 1.29 is 14.2 Å². The van der Waals surface area contributed by atoms with Gasteiger partial charge in [-0.05, 0) is 6.42 Å². The van der Waals surface area contributed by atoms with Crippen LogP contribution in [0.25, 0.3) is 0 Å². The van der Waals surface area contributed by atoms with Gasteiger partial charge in [0.05, 0.1) is 19.8 Å². The lowest BCUT2D eigenvalue weighted by Crippen LogP contribution is -2.38. The molecule has 0 bridgehead atoms. The molecule has 1 spiro atoms. The zero-order valence-electron chi connectivity index (χ0n) is 7.57. The lowest BCUT2D eigenvalue weighted by molar-refractivity contribution is -0.369. The zero-order valence-corrected chi connectivity index (χ0v) is 7.57. The van der Waals surface area contributed by atoms with Gasteiger partial charge in [-0.2, -0.15) is 0 Å². The molecular weight excluding hydrogens is 168 g/mol. The van der Waals surface area contributed by atoms with Crippen LogP contribution >= 0.6 is 0 Å². The maximum absolute atomic E-state index is 5.54. The lowest BCUT2D eigenvalue weighted by Gasteiger charge is -2.29. The summed E-state index contributed by atoms with van der Waals surface area (Å²) in [4.78, 5) is 0. The largest absolute Gasteiger partial charge is 0.323 e. The van der Waals surface area contributed by atoms with Gasteiger partial charge in [-0.25, -0.2) is 0 Å². The van der Waals surface area contributed by atoms with Gasteiger partial charge in [-0.3, -0.25) is 0 Å². The first-order chi connectivity index (χ1) is 6.41. The van der Waals surface area contributed by atoms with Crippen LogP contribution in [0.5, 0.6) is 0 Å². The molecule has 3 heteroatoms. The molecule has 0 atom stereocenters. The van der Waals surface area contributed by atoms with Crippen LogP contribution in [0.1, 0.15) is 12.8 Å². The summed E-state index contributed by atoms with van der Waals surface area (Å²) < 4.78 is 16.6. The molecule has 72 valence electrons. The molecule has 0 unspecified atom stereocenters. The molecule has 0 saturated carbocycles. The van der Waals surface area contributed by atoms with E-state index in [0.717, 1.165) is 12.8 Å². The number of allylic oxidation sites excluding steroid dienone is 1. The van der Waals surface area contributed by atoms with Gasteiger partial charge in [0.15, 0.2) is 0 Å². The second-order valence-corrected chi connectivity index (χ2v) is 3.10. The zero-order chi connectivity index (χ0) is 8.99. The van der Waals surface area contributed by atoms with E-state index in [4.69, 9.17) is 14.2 Å². The summed E-state index contributed by atoms with van der Waals surface area (Å²) in [6, 6.07) is 0. The molecule has 0 radical (unpaired) electrons. The quantitative estimate of drug-likeness (QED) is 0.533. The molecule has 2 rings (SSSR count). The third kappa shape index (κ3) is 2.18. The number of rotatable bonds is 0. The van der Waals surface area contributed by atoms with Gasteiger partial charge in [0.25, 0.3) is 5.97 Å². The molecule has 0 aromatic heterocycles. The van der Waals surface area contributed by atoms with E-state index in [0.29, 0.717) is 19.8 Å². The Morgan fingerprint density at radius 2 is 1.31 bits per heavy atom. The number of hydrogen-bond donors (Lipinski definition) is 0. The first kappa shape index (κ1) is 8.94. The third-order valence-corrected chi connectivity index (χ3v) is 2.15. The van der Waals surface area contributed by atoms with E-state index in [1.807, 2.05) is 18.2 Å². The van der Waals surface area contributed by atoms with Crippen LogP contribution in [0.15, 0.2) is 24.3 Å². The monoisotopic (exact) mass is 182 g/mol. The first-order valence-corrected chi connectivity index (χ1v) is 4.63. The minimum atomic E-state index is -0.799. The molecule has 3 nitrogen and oxygen atoms in total. The highest BCUT2D eigenvalue weighted by molar-refractivity contribution is 4.89. The Labute approximate surface area is 78.0 Å². The molecule has 2 aliphatic heterocycles. The highest BCUT2D eigenvalue weighted by Crippen LogP contribution is 2.25. The Hall–Kier alpha value is -0.640. The summed E-state index contributed by atoms with van der Waals surface area (Å²) >= 11 is 0. The predicted octanol–water partition coefficient (Wildman–Crippen LogP) is 1.61. The van der Waals surface area contributed by atoms with Crippen LogP contribution < -0.4 is 0 Å². The van der Waals surface area contributed by atoms with Gasteiger partial charge in [-0.1, -0.05) is 24.3 Å². The van der Waals surface area contributed by atoms with Crippen LogP contribution in [-0.4, -0.2) is 25.8 Å². The Morgan fingerprint density at radius 3 is 1.92 bits per heavy atom. The van der Waals surface area contributed by atoms with E-state index in [-0.39, 0.29) is 0 Å². The Balaban J connectivity index is 2.01.